The van der Waals surface area contributed by atoms with Gasteiger partial charge in [-0.1, -0.05) is 36.4 Å². The second-order valence-electron chi connectivity index (χ2n) is 4.48. The zero-order valence-electron chi connectivity index (χ0n) is 10.1. The van der Waals surface area contributed by atoms with Crippen molar-refractivity contribution in [3.8, 4) is 11.3 Å². The fourth-order valence-electron chi connectivity index (χ4n) is 2.25. The molecule has 3 rings (SSSR count). The third kappa shape index (κ3) is 1.64. The van der Waals surface area contributed by atoms with E-state index in [2.05, 4.69) is 73.1 Å². The lowest BCUT2D eigenvalue weighted by Crippen LogP contribution is -1.93. The molecule has 0 amide bonds. The highest BCUT2D eigenvalue weighted by Gasteiger charge is 2.04. The first-order valence-corrected chi connectivity index (χ1v) is 5.87. The quantitative estimate of drug-likeness (QED) is 0.581. The van der Waals surface area contributed by atoms with Crippen LogP contribution in [0.25, 0.3) is 22.0 Å². The predicted molar refractivity (Wildman–Crippen MR) is 73.1 cm³/mol. The van der Waals surface area contributed by atoms with Crippen LogP contribution in [0.2, 0.25) is 0 Å². The molecule has 1 heterocycles. The van der Waals surface area contributed by atoms with E-state index >= 15 is 0 Å². The number of benzene rings is 2. The number of rotatable bonds is 1. The summed E-state index contributed by atoms with van der Waals surface area (Å²) in [7, 11) is 2.11. The third-order valence-electron chi connectivity index (χ3n) is 3.42. The van der Waals surface area contributed by atoms with E-state index in [0.717, 1.165) is 0 Å². The van der Waals surface area contributed by atoms with Crippen LogP contribution in [0.4, 0.5) is 0 Å². The van der Waals surface area contributed by atoms with Gasteiger partial charge in [-0.2, -0.15) is 0 Å². The minimum atomic E-state index is 1.27. The lowest BCUT2D eigenvalue weighted by molar-refractivity contribution is 0.891. The van der Waals surface area contributed by atoms with Gasteiger partial charge in [0.05, 0.1) is 0 Å². The summed E-state index contributed by atoms with van der Waals surface area (Å²) < 4.78 is 2.23. The molecule has 1 heteroatoms. The number of fused-ring (bicyclic) bond motifs is 1. The summed E-state index contributed by atoms with van der Waals surface area (Å²) in [5.74, 6) is 0. The molecular formula is C16H15N. The van der Waals surface area contributed by atoms with Crippen LogP contribution in [0.3, 0.4) is 0 Å². The first kappa shape index (κ1) is 10.2. The Morgan fingerprint density at radius 3 is 2.29 bits per heavy atom. The lowest BCUT2D eigenvalue weighted by atomic mass is 10.1. The molecular weight excluding hydrogens is 206 g/mol. The molecule has 17 heavy (non-hydrogen) atoms. The topological polar surface area (TPSA) is 4.93 Å². The highest BCUT2D eigenvalue weighted by Crippen LogP contribution is 2.25. The average molecular weight is 221 g/mol. The minimum absolute atomic E-state index is 1.27. The molecule has 0 saturated heterocycles. The van der Waals surface area contributed by atoms with Crippen LogP contribution in [0.5, 0.6) is 0 Å². The lowest BCUT2D eigenvalue weighted by Gasteiger charge is -2.06. The van der Waals surface area contributed by atoms with Crippen molar-refractivity contribution in [3.63, 3.8) is 0 Å². The molecule has 0 atom stereocenters. The number of hydrogen-bond acceptors (Lipinski definition) is 0. The highest BCUT2D eigenvalue weighted by molar-refractivity contribution is 5.86. The Morgan fingerprint density at radius 2 is 1.59 bits per heavy atom. The summed E-state index contributed by atoms with van der Waals surface area (Å²) in [5.41, 5.74) is 3.83. The summed E-state index contributed by atoms with van der Waals surface area (Å²) >= 11 is 0. The molecule has 0 radical (unpaired) electrons. The van der Waals surface area contributed by atoms with E-state index in [-0.39, 0.29) is 0 Å². The Hall–Kier alpha value is -2.02. The first-order chi connectivity index (χ1) is 8.25. The van der Waals surface area contributed by atoms with Gasteiger partial charge < -0.3 is 4.57 Å². The van der Waals surface area contributed by atoms with Gasteiger partial charge in [0.1, 0.15) is 0 Å². The number of hydrogen-bond donors (Lipinski definition) is 0. The Morgan fingerprint density at radius 1 is 0.824 bits per heavy atom. The molecule has 0 unspecified atom stereocenters. The van der Waals surface area contributed by atoms with E-state index in [1.807, 2.05) is 0 Å². The van der Waals surface area contributed by atoms with Crippen molar-refractivity contribution in [1.29, 1.82) is 0 Å². The van der Waals surface area contributed by atoms with Crippen LogP contribution in [0.15, 0.2) is 54.6 Å². The molecule has 1 nitrogen and oxygen atoms in total. The SMILES string of the molecule is Cc1ccc(-c2ccc3ccccc3c2)n1C. The molecule has 0 fully saturated rings. The second-order valence-corrected chi connectivity index (χ2v) is 4.48. The van der Waals surface area contributed by atoms with Gasteiger partial charge in [-0.15, -0.1) is 0 Å². The molecule has 1 aromatic heterocycles. The zero-order chi connectivity index (χ0) is 11.8. The van der Waals surface area contributed by atoms with Crippen molar-refractivity contribution >= 4 is 10.8 Å². The van der Waals surface area contributed by atoms with Crippen LogP contribution in [-0.2, 0) is 7.05 Å². The number of nitrogens with zero attached hydrogens (tertiary/aromatic N) is 1. The van der Waals surface area contributed by atoms with Gasteiger partial charge in [0.25, 0.3) is 0 Å². The van der Waals surface area contributed by atoms with Crippen molar-refractivity contribution in [1.82, 2.24) is 4.57 Å². The number of aromatic nitrogens is 1. The molecule has 0 aliphatic rings. The van der Waals surface area contributed by atoms with Crippen LogP contribution in [0.1, 0.15) is 5.69 Å². The molecule has 0 bridgehead atoms. The van der Waals surface area contributed by atoms with E-state index in [1.54, 1.807) is 0 Å². The van der Waals surface area contributed by atoms with E-state index < -0.39 is 0 Å². The summed E-state index contributed by atoms with van der Waals surface area (Å²) in [6.07, 6.45) is 0. The van der Waals surface area contributed by atoms with E-state index in [9.17, 15) is 0 Å². The molecule has 0 aliphatic carbocycles. The van der Waals surface area contributed by atoms with Gasteiger partial charge in [-0.05, 0) is 41.5 Å². The Bertz CT molecular complexity index is 677. The molecule has 0 spiro atoms. The maximum atomic E-state index is 2.25. The Kier molecular flexibility index (Phi) is 2.25. The fraction of sp³-hybridized carbons (Fsp3) is 0.125. The van der Waals surface area contributed by atoms with Crippen LogP contribution in [-0.4, -0.2) is 4.57 Å². The molecule has 0 saturated carbocycles. The average Bonchev–Trinajstić information content (AvgIpc) is 2.70. The Balaban J connectivity index is 2.21. The minimum Gasteiger partial charge on any atom is -0.348 e. The van der Waals surface area contributed by atoms with Crippen molar-refractivity contribution < 1.29 is 0 Å². The van der Waals surface area contributed by atoms with Crippen LogP contribution < -0.4 is 0 Å². The van der Waals surface area contributed by atoms with Gasteiger partial charge in [-0.25, -0.2) is 0 Å². The summed E-state index contributed by atoms with van der Waals surface area (Å²) in [6, 6.07) is 19.4. The van der Waals surface area contributed by atoms with Gasteiger partial charge in [0.2, 0.25) is 0 Å². The fourth-order valence-corrected chi connectivity index (χ4v) is 2.25. The van der Waals surface area contributed by atoms with Gasteiger partial charge in [0, 0.05) is 18.4 Å². The van der Waals surface area contributed by atoms with Gasteiger partial charge in [-0.3, -0.25) is 0 Å². The summed E-state index contributed by atoms with van der Waals surface area (Å²) in [6.45, 7) is 2.13. The number of aryl methyl sites for hydroxylation is 1. The van der Waals surface area contributed by atoms with Gasteiger partial charge in [0.15, 0.2) is 0 Å². The van der Waals surface area contributed by atoms with Crippen molar-refractivity contribution in [2.45, 2.75) is 6.92 Å². The van der Waals surface area contributed by atoms with Crippen LogP contribution in [0, 0.1) is 6.92 Å². The maximum Gasteiger partial charge on any atom is 0.0479 e. The second kappa shape index (κ2) is 3.77. The molecule has 2 aromatic carbocycles. The van der Waals surface area contributed by atoms with Crippen molar-refractivity contribution in [3.05, 3.63) is 60.3 Å². The zero-order valence-corrected chi connectivity index (χ0v) is 10.1. The first-order valence-electron chi connectivity index (χ1n) is 5.87. The predicted octanol–water partition coefficient (Wildman–Crippen LogP) is 4.15. The largest absolute Gasteiger partial charge is 0.348 e. The van der Waals surface area contributed by atoms with E-state index in [0.29, 0.717) is 0 Å². The van der Waals surface area contributed by atoms with E-state index in [1.165, 1.54) is 27.7 Å². The smallest absolute Gasteiger partial charge is 0.0479 e. The van der Waals surface area contributed by atoms with Gasteiger partial charge >= 0.3 is 0 Å². The maximum absolute atomic E-state index is 2.25. The molecule has 84 valence electrons. The summed E-state index contributed by atoms with van der Waals surface area (Å²) in [4.78, 5) is 0. The summed E-state index contributed by atoms with van der Waals surface area (Å²) in [5, 5.41) is 2.59. The molecule has 0 N–H and O–H groups in total. The molecule has 0 aliphatic heterocycles. The van der Waals surface area contributed by atoms with Crippen LogP contribution >= 0.6 is 0 Å². The third-order valence-corrected chi connectivity index (χ3v) is 3.42. The molecule has 3 aromatic rings. The van der Waals surface area contributed by atoms with Crippen molar-refractivity contribution in [2.24, 2.45) is 7.05 Å². The van der Waals surface area contributed by atoms with E-state index in [4.69, 9.17) is 0 Å². The van der Waals surface area contributed by atoms with Crippen molar-refractivity contribution in [2.75, 3.05) is 0 Å². The Labute approximate surface area is 101 Å². The normalized spacial score (nSPS) is 10.9. The monoisotopic (exact) mass is 221 g/mol. The standard InChI is InChI=1S/C16H15N/c1-12-7-10-16(17(12)2)15-9-8-13-5-3-4-6-14(13)11-15/h3-11H,1-2H3. The highest BCUT2D eigenvalue weighted by atomic mass is 14.9.